The van der Waals surface area contributed by atoms with Gasteiger partial charge in [-0.25, -0.2) is 14.5 Å². The molecule has 0 saturated carbocycles. The number of ether oxygens (including phenoxy) is 1. The number of carbonyl (C=O) groups excluding carboxylic acids is 3. The van der Waals surface area contributed by atoms with Gasteiger partial charge in [0.2, 0.25) is 16.7 Å². The van der Waals surface area contributed by atoms with E-state index in [1.165, 1.54) is 52.3 Å². The van der Waals surface area contributed by atoms with Gasteiger partial charge in [0.25, 0.3) is 5.91 Å². The van der Waals surface area contributed by atoms with Crippen molar-refractivity contribution in [1.82, 2.24) is 35.4 Å². The summed E-state index contributed by atoms with van der Waals surface area (Å²) in [4.78, 5) is 64.3. The number of hydrogen-bond donors (Lipinski definition) is 3. The first-order valence-electron chi connectivity index (χ1n) is 15.5. The van der Waals surface area contributed by atoms with E-state index in [0.717, 1.165) is 22.5 Å². The molecule has 2 aliphatic heterocycles. The lowest BCUT2D eigenvalue weighted by Crippen LogP contribution is -2.74. The van der Waals surface area contributed by atoms with E-state index in [2.05, 4.69) is 31.0 Å². The number of nitrogen functional groups attached to an aromatic ring is 1. The van der Waals surface area contributed by atoms with Crippen LogP contribution in [0.5, 0.6) is 0 Å². The summed E-state index contributed by atoms with van der Waals surface area (Å²) in [7, 11) is 1.65. The number of amides is 2. The number of carbonyl (C=O) groups is 4. The molecule has 0 aliphatic carbocycles. The van der Waals surface area contributed by atoms with Crippen molar-refractivity contribution in [2.75, 3.05) is 23.8 Å². The van der Waals surface area contributed by atoms with Gasteiger partial charge in [-0.05, 0) is 35.4 Å². The molecule has 2 fully saturated rings. The van der Waals surface area contributed by atoms with Crippen LogP contribution in [0.15, 0.2) is 76.4 Å². The molecule has 4 aromatic rings. The number of aryl methyl sites for hydroxylation is 1. The first-order chi connectivity index (χ1) is 24.4. The van der Waals surface area contributed by atoms with Gasteiger partial charge in [0, 0.05) is 30.5 Å². The fourth-order valence-electron chi connectivity index (χ4n) is 5.29. The van der Waals surface area contributed by atoms with E-state index in [9.17, 15) is 24.3 Å². The lowest BCUT2D eigenvalue weighted by Gasteiger charge is -2.53. The van der Waals surface area contributed by atoms with Crippen LogP contribution in [0.1, 0.15) is 36.8 Å². The molecule has 6 rings (SSSR count). The summed E-state index contributed by atoms with van der Waals surface area (Å²) in [5.41, 5.74) is 4.18. The van der Waals surface area contributed by atoms with E-state index in [1.807, 2.05) is 60.7 Å². The van der Waals surface area contributed by atoms with E-state index in [1.54, 1.807) is 7.05 Å². The van der Waals surface area contributed by atoms with Gasteiger partial charge in [0.05, 0.1) is 0 Å². The number of fused-ring (bicyclic) bond motifs is 1. The molecule has 4 heterocycles. The van der Waals surface area contributed by atoms with Crippen LogP contribution in [0.25, 0.3) is 0 Å². The second-order valence-electron chi connectivity index (χ2n) is 12.3. The van der Waals surface area contributed by atoms with Gasteiger partial charge in [-0.1, -0.05) is 77.6 Å². The molecule has 0 radical (unpaired) electrons. The third-order valence-corrected chi connectivity index (χ3v) is 11.8. The van der Waals surface area contributed by atoms with Crippen LogP contribution in [0, 0.1) is 5.41 Å². The Morgan fingerprint density at radius 2 is 1.82 bits per heavy atom. The van der Waals surface area contributed by atoms with E-state index < -0.39 is 52.3 Å². The molecule has 51 heavy (non-hydrogen) atoms. The van der Waals surface area contributed by atoms with Gasteiger partial charge in [-0.3, -0.25) is 14.4 Å². The monoisotopic (exact) mass is 751 g/mol. The number of carboxylic acids is 1. The number of aromatic nitrogens is 5. The van der Waals surface area contributed by atoms with Crippen LogP contribution in [0.2, 0.25) is 0 Å². The van der Waals surface area contributed by atoms with Crippen LogP contribution in [-0.4, -0.2) is 99.7 Å². The van der Waals surface area contributed by atoms with E-state index in [0.29, 0.717) is 5.16 Å². The zero-order chi connectivity index (χ0) is 36.3. The molecule has 2 amide bonds. The van der Waals surface area contributed by atoms with Gasteiger partial charge < -0.3 is 30.6 Å². The minimum absolute atomic E-state index is 0.0561. The number of nitrogens with two attached hydrogens (primary N) is 1. The van der Waals surface area contributed by atoms with Crippen LogP contribution < -0.4 is 11.1 Å². The van der Waals surface area contributed by atoms with Crippen LogP contribution in [0.4, 0.5) is 5.13 Å². The van der Waals surface area contributed by atoms with Crippen molar-refractivity contribution in [2.45, 2.75) is 42.1 Å². The van der Waals surface area contributed by atoms with Crippen molar-refractivity contribution in [3.8, 4) is 0 Å². The summed E-state index contributed by atoms with van der Waals surface area (Å²) in [6.07, 6.45) is -0.740. The second kappa shape index (κ2) is 14.7. The highest BCUT2D eigenvalue weighted by molar-refractivity contribution is 8.00. The molecule has 2 aliphatic rings. The number of anilines is 1. The second-order valence-corrected chi connectivity index (χ2v) is 15.2. The highest BCUT2D eigenvalue weighted by Gasteiger charge is 2.57. The Morgan fingerprint density at radius 1 is 1.16 bits per heavy atom. The van der Waals surface area contributed by atoms with Crippen molar-refractivity contribution >= 4 is 69.5 Å². The minimum Gasteiger partial charge on any atom is -0.481 e. The summed E-state index contributed by atoms with van der Waals surface area (Å²) in [5, 5.41) is 29.8. The van der Waals surface area contributed by atoms with Crippen molar-refractivity contribution in [3.63, 3.8) is 0 Å². The maximum Gasteiger partial charge on any atom is 0.353 e. The predicted octanol–water partition coefficient (Wildman–Crippen LogP) is 2.34. The number of thioether (sulfide) groups is 2. The first-order valence-corrected chi connectivity index (χ1v) is 18.4. The quantitative estimate of drug-likeness (QED) is 0.0588. The lowest BCUT2D eigenvalue weighted by molar-refractivity contribution is -0.172. The average Bonchev–Trinajstić information content (AvgIpc) is 3.75. The Kier molecular flexibility index (Phi) is 10.3. The number of benzene rings is 2. The Morgan fingerprint density at radius 3 is 2.39 bits per heavy atom. The molecule has 2 saturated heterocycles. The van der Waals surface area contributed by atoms with Crippen molar-refractivity contribution in [2.24, 2.45) is 17.6 Å². The highest BCUT2D eigenvalue weighted by Crippen LogP contribution is 2.44. The Bertz CT molecular complexity index is 1920. The minimum atomic E-state index is -1.67. The normalized spacial score (nSPS) is 20.4. The van der Waals surface area contributed by atoms with Gasteiger partial charge >= 0.3 is 11.9 Å². The zero-order valence-electron chi connectivity index (χ0n) is 27.5. The van der Waals surface area contributed by atoms with Crippen LogP contribution in [-0.2, 0) is 35.8 Å². The van der Waals surface area contributed by atoms with E-state index in [-0.39, 0.29) is 34.6 Å². The number of carboxylic acid groups (broad SMARTS) is 1. The maximum absolute atomic E-state index is 13.7. The molecule has 3 atom stereocenters. The van der Waals surface area contributed by atoms with Crippen molar-refractivity contribution < 1.29 is 33.9 Å². The number of oxime groups is 1. The average molecular weight is 752 g/mol. The molecule has 4 N–H and O–H groups in total. The van der Waals surface area contributed by atoms with E-state index in [4.69, 9.17) is 15.3 Å². The van der Waals surface area contributed by atoms with Gasteiger partial charge in [0.1, 0.15) is 22.5 Å². The number of nitrogens with zero attached hydrogens (tertiary/aromatic N) is 7. The Labute approximate surface area is 304 Å². The van der Waals surface area contributed by atoms with Crippen molar-refractivity contribution in [3.05, 3.63) is 82.9 Å². The van der Waals surface area contributed by atoms with Crippen molar-refractivity contribution in [1.29, 1.82) is 0 Å². The number of esters is 1. The van der Waals surface area contributed by atoms with Gasteiger partial charge in [-0.15, -0.1) is 28.2 Å². The summed E-state index contributed by atoms with van der Waals surface area (Å²) >= 11 is 3.50. The van der Waals surface area contributed by atoms with Crippen LogP contribution in [0.3, 0.4) is 0 Å². The molecule has 1 unspecified atom stereocenters. The van der Waals surface area contributed by atoms with Gasteiger partial charge in [0.15, 0.2) is 16.9 Å². The van der Waals surface area contributed by atoms with Crippen LogP contribution >= 0.6 is 34.9 Å². The van der Waals surface area contributed by atoms with Gasteiger partial charge in [-0.2, -0.15) is 0 Å². The number of β-lactam (4-membered cyclic amide) rings is 1. The van der Waals surface area contributed by atoms with E-state index >= 15 is 0 Å². The summed E-state index contributed by atoms with van der Waals surface area (Å²) in [6, 6.07) is 17.5. The number of thiazole rings is 1. The molecule has 2 aromatic heterocycles. The molecule has 2 aromatic carbocycles. The first kappa shape index (κ1) is 35.8. The molecule has 0 bridgehead atoms. The third kappa shape index (κ3) is 7.54. The smallest absolute Gasteiger partial charge is 0.353 e. The number of nitrogens with one attached hydrogen (secondary N) is 1. The molecule has 0 spiro atoms. The SMILES string of the molecule is Cn1nnnc1SCC1(C(=O)O)CS[C@@H]2[C@H](NC(=O)C(=NOC(C)(C)C(=O)OC(c3ccccc3)c3ccccc3)c3csc(N)n3)C(=O)N2C1. The Hall–Kier alpha value is -5.01. The molecular weight excluding hydrogens is 719 g/mol. The lowest BCUT2D eigenvalue weighted by atomic mass is 9.89. The third-order valence-electron chi connectivity index (χ3n) is 8.21. The summed E-state index contributed by atoms with van der Waals surface area (Å²) in [6.45, 7) is 2.85. The maximum atomic E-state index is 13.7. The number of aliphatic carboxylic acids is 1. The molecule has 19 heteroatoms. The summed E-state index contributed by atoms with van der Waals surface area (Å²) in [5.74, 6) is -2.74. The largest absolute Gasteiger partial charge is 0.481 e. The topological polar surface area (TPSA) is 217 Å². The number of tetrazole rings is 1. The predicted molar refractivity (Wildman–Crippen MR) is 189 cm³/mol. The highest BCUT2D eigenvalue weighted by atomic mass is 32.2. The summed E-state index contributed by atoms with van der Waals surface area (Å²) < 4.78 is 7.40. The molecule has 16 nitrogen and oxygen atoms in total. The zero-order valence-corrected chi connectivity index (χ0v) is 30.0. The molecular formula is C32H33N9O7S3. The standard InChI is InChI=1S/C32H33N9O7S3/c1-31(2,28(46)47-23(18-10-6-4-7-11-18)19-12-8-5-9-13-19)48-37-21(20-14-49-29(33)34-20)24(42)35-22-25(43)41-15-32(27(44)45,16-50-26(22)41)17-51-30-36-38-39-40(30)3/h4-14,22-23,26H,15-17H2,1-3H3,(H2,33,34)(H,35,42)(H,44,45)/t22-,26-,32?/m1/s1. The Balaban J connectivity index is 1.15. The number of rotatable bonds is 13. The fourth-order valence-corrected chi connectivity index (χ4v) is 8.55. The number of hydrogen-bond acceptors (Lipinski definition) is 15. The molecule has 266 valence electrons. The fraction of sp³-hybridized carbons (Fsp3) is 0.344.